The Hall–Kier alpha value is -1.35. The van der Waals surface area contributed by atoms with Crippen LogP contribution >= 0.6 is 0 Å². The summed E-state index contributed by atoms with van der Waals surface area (Å²) in [5, 5.41) is 0. The molecule has 0 radical (unpaired) electrons. The first-order chi connectivity index (χ1) is 7.75. The van der Waals surface area contributed by atoms with E-state index in [-0.39, 0.29) is 0 Å². The van der Waals surface area contributed by atoms with Gasteiger partial charge >= 0.3 is 0 Å². The Bertz CT molecular complexity index is 386. The molecule has 0 fully saturated rings. The number of nitrogens with zero attached hydrogens (tertiary/aromatic N) is 2. The predicted molar refractivity (Wildman–Crippen MR) is 66.7 cm³/mol. The molecular formula is C13H18N2O. The van der Waals surface area contributed by atoms with Crippen molar-refractivity contribution >= 4 is 6.21 Å². The van der Waals surface area contributed by atoms with Crippen LogP contribution in [0.25, 0.3) is 0 Å². The Morgan fingerprint density at radius 1 is 1.44 bits per heavy atom. The van der Waals surface area contributed by atoms with Crippen LogP contribution in [0.3, 0.4) is 0 Å². The Morgan fingerprint density at radius 3 is 3.12 bits per heavy atom. The van der Waals surface area contributed by atoms with Gasteiger partial charge in [-0.15, -0.1) is 0 Å². The maximum Gasteiger partial charge on any atom is 0.122 e. The summed E-state index contributed by atoms with van der Waals surface area (Å²) in [7, 11) is 4.12. The fraction of sp³-hybridized carbons (Fsp3) is 0.462. The summed E-state index contributed by atoms with van der Waals surface area (Å²) in [4.78, 5) is 6.53. The van der Waals surface area contributed by atoms with Gasteiger partial charge in [0.25, 0.3) is 0 Å². The van der Waals surface area contributed by atoms with Crippen molar-refractivity contribution in [2.75, 3.05) is 33.8 Å². The van der Waals surface area contributed by atoms with Gasteiger partial charge in [-0.25, -0.2) is 0 Å². The summed E-state index contributed by atoms with van der Waals surface area (Å²) < 4.78 is 5.46. The van der Waals surface area contributed by atoms with E-state index in [9.17, 15) is 0 Å². The van der Waals surface area contributed by atoms with Crippen molar-refractivity contribution in [3.05, 3.63) is 29.3 Å². The zero-order chi connectivity index (χ0) is 11.4. The average Bonchev–Trinajstić information content (AvgIpc) is 2.71. The minimum absolute atomic E-state index is 0.816. The molecule has 0 saturated carbocycles. The fourth-order valence-electron chi connectivity index (χ4n) is 1.71. The Morgan fingerprint density at radius 2 is 2.31 bits per heavy atom. The third kappa shape index (κ3) is 2.83. The number of hydrogen-bond acceptors (Lipinski definition) is 3. The van der Waals surface area contributed by atoms with Crippen LogP contribution in [0.1, 0.15) is 11.1 Å². The van der Waals surface area contributed by atoms with Crippen LogP contribution < -0.4 is 4.74 Å². The van der Waals surface area contributed by atoms with Crippen molar-refractivity contribution < 1.29 is 4.74 Å². The Kier molecular flexibility index (Phi) is 3.57. The lowest BCUT2D eigenvalue weighted by Gasteiger charge is -2.05. The first-order valence-corrected chi connectivity index (χ1v) is 5.66. The van der Waals surface area contributed by atoms with Gasteiger partial charge in [-0.3, -0.25) is 4.99 Å². The van der Waals surface area contributed by atoms with Crippen LogP contribution in [0, 0.1) is 0 Å². The van der Waals surface area contributed by atoms with E-state index < -0.39 is 0 Å². The zero-order valence-corrected chi connectivity index (χ0v) is 9.94. The summed E-state index contributed by atoms with van der Waals surface area (Å²) in [6, 6.07) is 6.26. The van der Waals surface area contributed by atoms with E-state index in [0.29, 0.717) is 0 Å². The van der Waals surface area contributed by atoms with Crippen molar-refractivity contribution in [1.82, 2.24) is 4.90 Å². The molecule has 1 aromatic carbocycles. The standard InChI is InChI=1S/C13H18N2O/c1-15(2)7-6-14-10-11-3-4-13-12(9-11)5-8-16-13/h3-4,9-10H,5-8H2,1-2H3. The van der Waals surface area contributed by atoms with Crippen molar-refractivity contribution in [1.29, 1.82) is 0 Å². The van der Waals surface area contributed by atoms with Crippen molar-refractivity contribution in [3.63, 3.8) is 0 Å². The molecule has 86 valence electrons. The molecule has 0 spiro atoms. The molecular weight excluding hydrogens is 200 g/mol. The first-order valence-electron chi connectivity index (χ1n) is 5.66. The quantitative estimate of drug-likeness (QED) is 0.717. The number of likely N-dealkylation sites (N-methyl/N-ethyl adjacent to an activating group) is 1. The number of ether oxygens (including phenoxy) is 1. The van der Waals surface area contributed by atoms with E-state index >= 15 is 0 Å². The first kappa shape index (κ1) is 11.1. The highest BCUT2D eigenvalue weighted by molar-refractivity contribution is 5.80. The second-order valence-electron chi connectivity index (χ2n) is 4.30. The lowest BCUT2D eigenvalue weighted by molar-refractivity contribution is 0.357. The maximum atomic E-state index is 5.46. The number of aliphatic imine (C=N–C) groups is 1. The highest BCUT2D eigenvalue weighted by Gasteiger charge is 2.10. The summed E-state index contributed by atoms with van der Waals surface area (Å²) >= 11 is 0. The van der Waals surface area contributed by atoms with Crippen LogP contribution in [0.2, 0.25) is 0 Å². The third-order valence-electron chi connectivity index (χ3n) is 2.63. The molecule has 1 heterocycles. The van der Waals surface area contributed by atoms with Gasteiger partial charge in [-0.05, 0) is 43.4 Å². The SMILES string of the molecule is CN(C)CCN=Cc1ccc2c(c1)CCO2. The summed E-state index contributed by atoms with van der Waals surface area (Å²) in [5.74, 6) is 1.03. The molecule has 16 heavy (non-hydrogen) atoms. The largest absolute Gasteiger partial charge is 0.493 e. The topological polar surface area (TPSA) is 24.8 Å². The van der Waals surface area contributed by atoms with Gasteiger partial charge in [0.15, 0.2) is 0 Å². The molecule has 0 saturated heterocycles. The monoisotopic (exact) mass is 218 g/mol. The van der Waals surface area contributed by atoms with E-state index in [2.05, 4.69) is 36.1 Å². The number of fused-ring (bicyclic) bond motifs is 1. The maximum absolute atomic E-state index is 5.46. The molecule has 3 heteroatoms. The van der Waals surface area contributed by atoms with Crippen LogP contribution in [0.15, 0.2) is 23.2 Å². The van der Waals surface area contributed by atoms with E-state index in [4.69, 9.17) is 4.74 Å². The number of rotatable bonds is 4. The van der Waals surface area contributed by atoms with Crippen LogP contribution in [-0.2, 0) is 6.42 Å². The number of benzene rings is 1. The highest BCUT2D eigenvalue weighted by atomic mass is 16.5. The van der Waals surface area contributed by atoms with Crippen molar-refractivity contribution in [3.8, 4) is 5.75 Å². The molecule has 0 N–H and O–H groups in total. The smallest absolute Gasteiger partial charge is 0.122 e. The zero-order valence-electron chi connectivity index (χ0n) is 9.94. The lowest BCUT2D eigenvalue weighted by Crippen LogP contribution is -2.15. The van der Waals surface area contributed by atoms with Gasteiger partial charge < -0.3 is 9.64 Å². The van der Waals surface area contributed by atoms with Gasteiger partial charge in [0, 0.05) is 19.2 Å². The second kappa shape index (κ2) is 5.12. The molecule has 3 nitrogen and oxygen atoms in total. The predicted octanol–water partition coefficient (Wildman–Crippen LogP) is 1.60. The van der Waals surface area contributed by atoms with E-state index in [1.54, 1.807) is 0 Å². The molecule has 1 aromatic rings. The van der Waals surface area contributed by atoms with Gasteiger partial charge in [0.2, 0.25) is 0 Å². The van der Waals surface area contributed by atoms with Crippen molar-refractivity contribution in [2.45, 2.75) is 6.42 Å². The van der Waals surface area contributed by atoms with Crippen LogP contribution in [-0.4, -0.2) is 44.9 Å². The summed E-state index contributed by atoms with van der Waals surface area (Å²) in [6.45, 7) is 2.65. The second-order valence-corrected chi connectivity index (χ2v) is 4.30. The normalized spacial score (nSPS) is 14.4. The molecule has 0 amide bonds. The van der Waals surface area contributed by atoms with Crippen LogP contribution in [0.5, 0.6) is 5.75 Å². The summed E-state index contributed by atoms with van der Waals surface area (Å²) in [5.41, 5.74) is 2.47. The highest BCUT2D eigenvalue weighted by Crippen LogP contribution is 2.25. The molecule has 0 unspecified atom stereocenters. The van der Waals surface area contributed by atoms with E-state index in [1.165, 1.54) is 11.1 Å². The van der Waals surface area contributed by atoms with Crippen LogP contribution in [0.4, 0.5) is 0 Å². The molecule has 0 atom stereocenters. The number of hydrogen-bond donors (Lipinski definition) is 0. The molecule has 1 aliphatic rings. The van der Waals surface area contributed by atoms with Gasteiger partial charge in [0.1, 0.15) is 5.75 Å². The van der Waals surface area contributed by atoms with Gasteiger partial charge in [0.05, 0.1) is 13.2 Å². The molecule has 0 aromatic heterocycles. The average molecular weight is 218 g/mol. The Balaban J connectivity index is 1.94. The molecule has 0 bridgehead atoms. The van der Waals surface area contributed by atoms with Gasteiger partial charge in [-0.1, -0.05) is 0 Å². The fourth-order valence-corrected chi connectivity index (χ4v) is 1.71. The molecule has 1 aliphatic heterocycles. The molecule has 2 rings (SSSR count). The third-order valence-corrected chi connectivity index (χ3v) is 2.63. The minimum Gasteiger partial charge on any atom is -0.493 e. The van der Waals surface area contributed by atoms with E-state index in [0.717, 1.165) is 31.9 Å². The lowest BCUT2D eigenvalue weighted by atomic mass is 10.1. The minimum atomic E-state index is 0.816. The van der Waals surface area contributed by atoms with Crippen molar-refractivity contribution in [2.24, 2.45) is 4.99 Å². The summed E-state index contributed by atoms with van der Waals surface area (Å²) in [6.07, 6.45) is 2.97. The molecule has 0 aliphatic carbocycles. The van der Waals surface area contributed by atoms with E-state index in [1.807, 2.05) is 12.3 Å². The van der Waals surface area contributed by atoms with Gasteiger partial charge in [-0.2, -0.15) is 0 Å². The Labute approximate surface area is 96.7 Å².